The summed E-state index contributed by atoms with van der Waals surface area (Å²) in [5.74, 6) is 2.38. The molecule has 1 N–H and O–H groups in total. The summed E-state index contributed by atoms with van der Waals surface area (Å²) in [5.41, 5.74) is 2.27. The lowest BCUT2D eigenvalue weighted by atomic mass is 9.99. The van der Waals surface area contributed by atoms with E-state index in [1.54, 1.807) is 0 Å². The molecule has 134 valence electrons. The molecule has 1 saturated heterocycles. The fraction of sp³-hybridized carbons (Fsp3) is 0.350. The molecule has 4 rings (SSSR count). The molecule has 0 spiro atoms. The van der Waals surface area contributed by atoms with Crippen LogP contribution in [-0.4, -0.2) is 45.1 Å². The van der Waals surface area contributed by atoms with E-state index in [1.165, 1.54) is 5.56 Å². The lowest BCUT2D eigenvalue weighted by Crippen LogP contribution is -2.40. The summed E-state index contributed by atoms with van der Waals surface area (Å²) in [4.78, 5) is 7.18. The van der Waals surface area contributed by atoms with Gasteiger partial charge in [0.25, 0.3) is 0 Å². The van der Waals surface area contributed by atoms with Gasteiger partial charge < -0.3 is 10.2 Å². The maximum absolute atomic E-state index is 4.82. The van der Waals surface area contributed by atoms with E-state index in [0.717, 1.165) is 43.5 Å². The third kappa shape index (κ3) is 3.40. The van der Waals surface area contributed by atoms with Gasteiger partial charge in [-0.2, -0.15) is 0 Å². The number of pyridine rings is 1. The third-order valence-corrected chi connectivity index (χ3v) is 4.85. The van der Waals surface area contributed by atoms with Crippen molar-refractivity contribution in [1.82, 2.24) is 24.8 Å². The number of fused-ring (bicyclic) bond motifs is 1. The number of hydrogen-bond donors (Lipinski definition) is 1. The summed E-state index contributed by atoms with van der Waals surface area (Å²) in [7, 11) is 0. The molecule has 0 amide bonds. The lowest BCUT2D eigenvalue weighted by Gasteiger charge is -2.21. The van der Waals surface area contributed by atoms with Crippen molar-refractivity contribution in [2.75, 3.05) is 19.6 Å². The van der Waals surface area contributed by atoms with Gasteiger partial charge in [0.1, 0.15) is 6.54 Å². The van der Waals surface area contributed by atoms with Gasteiger partial charge in [0.15, 0.2) is 17.4 Å². The van der Waals surface area contributed by atoms with Crippen LogP contribution in [0.15, 0.2) is 59.7 Å². The number of hydrogen-bond acceptors (Lipinski definition) is 3. The SMILES string of the molecule is CCNC(=NCc1nnc2ccccn12)N1CCC(c2ccccc2)C1. The second kappa shape index (κ2) is 7.56. The van der Waals surface area contributed by atoms with Crippen molar-refractivity contribution in [3.8, 4) is 0 Å². The molecule has 1 aromatic carbocycles. The zero-order chi connectivity index (χ0) is 17.8. The molecule has 1 fully saturated rings. The monoisotopic (exact) mass is 348 g/mol. The van der Waals surface area contributed by atoms with Crippen LogP contribution < -0.4 is 5.32 Å². The molecule has 1 atom stereocenters. The summed E-state index contributed by atoms with van der Waals surface area (Å²) < 4.78 is 1.99. The summed E-state index contributed by atoms with van der Waals surface area (Å²) >= 11 is 0. The van der Waals surface area contributed by atoms with Crippen LogP contribution in [0.1, 0.15) is 30.7 Å². The Labute approximate surface area is 153 Å². The van der Waals surface area contributed by atoms with E-state index in [0.29, 0.717) is 12.5 Å². The van der Waals surface area contributed by atoms with Crippen LogP contribution in [0.3, 0.4) is 0 Å². The van der Waals surface area contributed by atoms with Crippen LogP contribution >= 0.6 is 0 Å². The van der Waals surface area contributed by atoms with E-state index < -0.39 is 0 Å². The van der Waals surface area contributed by atoms with Crippen molar-refractivity contribution in [1.29, 1.82) is 0 Å². The fourth-order valence-corrected chi connectivity index (χ4v) is 3.52. The predicted octanol–water partition coefficient (Wildman–Crippen LogP) is 2.68. The quantitative estimate of drug-likeness (QED) is 0.582. The standard InChI is InChI=1S/C20H24N6/c1-2-21-20(22-14-19-24-23-18-10-6-7-12-26(18)19)25-13-11-17(15-25)16-8-4-3-5-9-16/h3-10,12,17H,2,11,13-15H2,1H3,(H,21,22). The molecule has 6 nitrogen and oxygen atoms in total. The minimum Gasteiger partial charge on any atom is -0.357 e. The van der Waals surface area contributed by atoms with Gasteiger partial charge in [0, 0.05) is 31.7 Å². The number of benzene rings is 1. The molecule has 6 heteroatoms. The molecule has 2 aromatic heterocycles. The predicted molar refractivity (Wildman–Crippen MR) is 103 cm³/mol. The zero-order valence-corrected chi connectivity index (χ0v) is 15.0. The molecule has 3 aromatic rings. The normalized spacial score (nSPS) is 17.8. The van der Waals surface area contributed by atoms with Crippen molar-refractivity contribution in [2.24, 2.45) is 4.99 Å². The molecular formula is C20H24N6. The molecule has 0 aliphatic carbocycles. The maximum atomic E-state index is 4.82. The number of guanidine groups is 1. The Morgan fingerprint density at radius 2 is 2.00 bits per heavy atom. The van der Waals surface area contributed by atoms with Gasteiger partial charge in [-0.1, -0.05) is 36.4 Å². The van der Waals surface area contributed by atoms with Crippen molar-refractivity contribution < 1.29 is 0 Å². The van der Waals surface area contributed by atoms with Crippen LogP contribution in [0.4, 0.5) is 0 Å². The van der Waals surface area contributed by atoms with Crippen molar-refractivity contribution in [3.63, 3.8) is 0 Å². The summed E-state index contributed by atoms with van der Waals surface area (Å²) in [6, 6.07) is 16.7. The number of aliphatic imine (C=N–C) groups is 1. The highest BCUT2D eigenvalue weighted by molar-refractivity contribution is 5.80. The van der Waals surface area contributed by atoms with E-state index in [2.05, 4.69) is 57.7 Å². The Morgan fingerprint density at radius 3 is 2.85 bits per heavy atom. The highest BCUT2D eigenvalue weighted by Crippen LogP contribution is 2.26. The van der Waals surface area contributed by atoms with E-state index in [9.17, 15) is 0 Å². The summed E-state index contributed by atoms with van der Waals surface area (Å²) in [6.07, 6.45) is 3.14. The van der Waals surface area contributed by atoms with Gasteiger partial charge in [-0.05, 0) is 31.0 Å². The second-order valence-corrected chi connectivity index (χ2v) is 6.56. The average molecular weight is 348 g/mol. The second-order valence-electron chi connectivity index (χ2n) is 6.56. The Bertz CT molecular complexity index is 885. The average Bonchev–Trinajstić information content (AvgIpc) is 3.33. The largest absolute Gasteiger partial charge is 0.357 e. The maximum Gasteiger partial charge on any atom is 0.194 e. The van der Waals surface area contributed by atoms with Crippen LogP contribution in [0.2, 0.25) is 0 Å². The molecule has 0 saturated carbocycles. The van der Waals surface area contributed by atoms with Gasteiger partial charge in [-0.25, -0.2) is 4.99 Å². The highest BCUT2D eigenvalue weighted by Gasteiger charge is 2.25. The minimum absolute atomic E-state index is 0.514. The molecule has 0 bridgehead atoms. The molecule has 0 radical (unpaired) electrons. The van der Waals surface area contributed by atoms with Gasteiger partial charge in [-0.15, -0.1) is 10.2 Å². The summed E-state index contributed by atoms with van der Waals surface area (Å²) in [6.45, 7) is 5.49. The molecule has 1 aliphatic heterocycles. The van der Waals surface area contributed by atoms with E-state index in [1.807, 2.05) is 28.8 Å². The number of nitrogens with one attached hydrogen (secondary N) is 1. The van der Waals surface area contributed by atoms with Crippen molar-refractivity contribution in [2.45, 2.75) is 25.8 Å². The number of nitrogens with zero attached hydrogens (tertiary/aromatic N) is 5. The summed E-state index contributed by atoms with van der Waals surface area (Å²) in [5, 5.41) is 11.9. The molecular weight excluding hydrogens is 324 g/mol. The Balaban J connectivity index is 1.50. The number of rotatable bonds is 4. The zero-order valence-electron chi connectivity index (χ0n) is 15.0. The minimum atomic E-state index is 0.514. The van der Waals surface area contributed by atoms with E-state index in [4.69, 9.17) is 4.99 Å². The van der Waals surface area contributed by atoms with Gasteiger partial charge >= 0.3 is 0 Å². The first-order chi connectivity index (χ1) is 12.8. The van der Waals surface area contributed by atoms with Crippen LogP contribution in [0, 0.1) is 0 Å². The third-order valence-electron chi connectivity index (χ3n) is 4.85. The Morgan fingerprint density at radius 1 is 1.15 bits per heavy atom. The first kappa shape index (κ1) is 16.6. The Kier molecular flexibility index (Phi) is 4.82. The highest BCUT2D eigenvalue weighted by atomic mass is 15.3. The van der Waals surface area contributed by atoms with Crippen molar-refractivity contribution >= 4 is 11.6 Å². The first-order valence-corrected chi connectivity index (χ1v) is 9.22. The van der Waals surface area contributed by atoms with E-state index in [-0.39, 0.29) is 0 Å². The van der Waals surface area contributed by atoms with Gasteiger partial charge in [0.05, 0.1) is 0 Å². The lowest BCUT2D eigenvalue weighted by molar-refractivity contribution is 0.485. The molecule has 3 heterocycles. The smallest absolute Gasteiger partial charge is 0.194 e. The molecule has 26 heavy (non-hydrogen) atoms. The first-order valence-electron chi connectivity index (χ1n) is 9.22. The fourth-order valence-electron chi connectivity index (χ4n) is 3.52. The molecule has 1 aliphatic rings. The molecule has 1 unspecified atom stereocenters. The van der Waals surface area contributed by atoms with E-state index >= 15 is 0 Å². The van der Waals surface area contributed by atoms with Gasteiger partial charge in [-0.3, -0.25) is 4.40 Å². The topological polar surface area (TPSA) is 57.8 Å². The van der Waals surface area contributed by atoms with Crippen LogP contribution in [0.25, 0.3) is 5.65 Å². The Hall–Kier alpha value is -2.89. The van der Waals surface area contributed by atoms with Gasteiger partial charge in [0.2, 0.25) is 0 Å². The van der Waals surface area contributed by atoms with Crippen LogP contribution in [0.5, 0.6) is 0 Å². The number of aromatic nitrogens is 3. The van der Waals surface area contributed by atoms with Crippen LogP contribution in [-0.2, 0) is 6.54 Å². The van der Waals surface area contributed by atoms with Crippen molar-refractivity contribution in [3.05, 3.63) is 66.1 Å². The number of likely N-dealkylation sites (tertiary alicyclic amines) is 1.